The molecule has 3 aliphatic rings. The van der Waals surface area contributed by atoms with Crippen molar-refractivity contribution in [3.63, 3.8) is 0 Å². The molecule has 1 aliphatic carbocycles. The molecule has 1 aromatic carbocycles. The molecule has 1 fully saturated rings. The van der Waals surface area contributed by atoms with Crippen LogP contribution in [-0.2, 0) is 33.4 Å². The Bertz CT molecular complexity index is 1440. The fourth-order valence-corrected chi connectivity index (χ4v) is 6.28. The van der Waals surface area contributed by atoms with Crippen LogP contribution in [0.15, 0.2) is 40.0 Å². The number of nitrogens with one attached hydrogen (secondary N) is 1. The Morgan fingerprint density at radius 3 is 2.48 bits per heavy atom. The first-order valence-electron chi connectivity index (χ1n) is 13.4. The van der Waals surface area contributed by atoms with Crippen LogP contribution < -0.4 is 5.32 Å². The number of nitrogens with zero attached hydrogens (tertiary/aromatic N) is 2. The number of para-hydroxylation sites is 1. The smallest absolute Gasteiger partial charge is 0.303 e. The largest absolute Gasteiger partial charge is 0.461 e. The van der Waals surface area contributed by atoms with Gasteiger partial charge in [0.15, 0.2) is 13.2 Å². The number of furan rings is 1. The molecular weight excluding hydrogens is 518 g/mol. The Labute approximate surface area is 231 Å². The summed E-state index contributed by atoms with van der Waals surface area (Å²) in [5.41, 5.74) is 1.27. The molecule has 5 rings (SSSR count). The lowest BCUT2D eigenvalue weighted by Gasteiger charge is -2.48. The van der Waals surface area contributed by atoms with Crippen molar-refractivity contribution in [1.29, 1.82) is 0 Å². The molecule has 1 saturated carbocycles. The summed E-state index contributed by atoms with van der Waals surface area (Å²) in [5, 5.41) is 4.37. The van der Waals surface area contributed by atoms with Crippen LogP contribution in [0.5, 0.6) is 0 Å². The van der Waals surface area contributed by atoms with E-state index in [1.54, 1.807) is 4.90 Å². The molecule has 0 bridgehead atoms. The third kappa shape index (κ3) is 4.84. The van der Waals surface area contributed by atoms with Crippen molar-refractivity contribution in [2.75, 3.05) is 19.8 Å². The van der Waals surface area contributed by atoms with Gasteiger partial charge in [0.2, 0.25) is 0 Å². The molecule has 2 aromatic rings. The van der Waals surface area contributed by atoms with Crippen LogP contribution in [0, 0.1) is 6.92 Å². The molecule has 11 nitrogen and oxygen atoms in total. The number of benzene rings is 1. The zero-order valence-electron chi connectivity index (χ0n) is 23.1. The minimum absolute atomic E-state index is 0.0494. The molecule has 1 aromatic heterocycles. The van der Waals surface area contributed by atoms with Gasteiger partial charge in [-0.2, -0.15) is 0 Å². The lowest BCUT2D eigenvalue weighted by molar-refractivity contribution is -0.155. The van der Waals surface area contributed by atoms with Crippen LogP contribution >= 0.6 is 0 Å². The maximum atomic E-state index is 14.1. The number of fused-ring (bicyclic) bond motifs is 2. The number of hydrogen-bond acceptors (Lipinski definition) is 9. The van der Waals surface area contributed by atoms with Crippen molar-refractivity contribution >= 4 is 40.6 Å². The summed E-state index contributed by atoms with van der Waals surface area (Å²) in [7, 11) is 0. The Morgan fingerprint density at radius 1 is 1.07 bits per heavy atom. The molecule has 3 amide bonds. The quantitative estimate of drug-likeness (QED) is 0.556. The van der Waals surface area contributed by atoms with E-state index in [0.29, 0.717) is 29.0 Å². The molecule has 1 N–H and O–H groups in total. The first-order chi connectivity index (χ1) is 19.0. The van der Waals surface area contributed by atoms with Gasteiger partial charge in [0.05, 0.1) is 29.7 Å². The Hall–Kier alpha value is -4.15. The lowest BCUT2D eigenvalue weighted by Crippen LogP contribution is -2.61. The third-order valence-electron chi connectivity index (χ3n) is 7.98. The van der Waals surface area contributed by atoms with E-state index in [-0.39, 0.29) is 18.2 Å². The number of hydrogen-bond donors (Lipinski definition) is 1. The van der Waals surface area contributed by atoms with Crippen LogP contribution in [-0.4, -0.2) is 70.8 Å². The minimum atomic E-state index is -0.927. The Morgan fingerprint density at radius 2 is 1.77 bits per heavy atom. The molecule has 11 heteroatoms. The SMILES string of the molecule is CC(=O)OCC(=O)N1CC2=C(C1=O)[C@@H](c1cccc3cc(C)oc13)N(C(=O)COC(C)=O)[C@@H]1CCCC[C@@]1(C)N2. The van der Waals surface area contributed by atoms with Crippen molar-refractivity contribution in [1.82, 2.24) is 15.1 Å². The highest BCUT2D eigenvalue weighted by atomic mass is 16.5. The van der Waals surface area contributed by atoms with Crippen molar-refractivity contribution < 1.29 is 37.9 Å². The summed E-state index contributed by atoms with van der Waals surface area (Å²) in [6, 6.07) is 6.15. The summed E-state index contributed by atoms with van der Waals surface area (Å²) in [4.78, 5) is 66.8. The van der Waals surface area contributed by atoms with Crippen molar-refractivity contribution in [2.24, 2.45) is 0 Å². The van der Waals surface area contributed by atoms with Gasteiger partial charge in [0.25, 0.3) is 17.7 Å². The van der Waals surface area contributed by atoms with Gasteiger partial charge >= 0.3 is 11.9 Å². The lowest BCUT2D eigenvalue weighted by atomic mass is 9.77. The molecule has 2 aliphatic heterocycles. The second-order valence-electron chi connectivity index (χ2n) is 10.9. The van der Waals surface area contributed by atoms with E-state index in [4.69, 9.17) is 13.9 Å². The average Bonchev–Trinajstić information content (AvgIpc) is 3.40. The van der Waals surface area contributed by atoms with Crippen molar-refractivity contribution in [3.8, 4) is 0 Å². The van der Waals surface area contributed by atoms with Gasteiger partial charge in [-0.1, -0.05) is 31.0 Å². The first-order valence-corrected chi connectivity index (χ1v) is 13.4. The number of esters is 2. The predicted molar refractivity (Wildman–Crippen MR) is 141 cm³/mol. The molecule has 0 unspecified atom stereocenters. The molecule has 0 radical (unpaired) electrons. The zero-order valence-corrected chi connectivity index (χ0v) is 23.1. The maximum Gasteiger partial charge on any atom is 0.303 e. The van der Waals surface area contributed by atoms with E-state index in [9.17, 15) is 24.0 Å². The Kier molecular flexibility index (Phi) is 7.16. The average molecular weight is 552 g/mol. The topological polar surface area (TPSA) is 135 Å². The van der Waals surface area contributed by atoms with Crippen LogP contribution in [0.3, 0.4) is 0 Å². The number of carbonyl (C=O) groups is 5. The van der Waals surface area contributed by atoms with E-state index >= 15 is 0 Å². The van der Waals surface area contributed by atoms with E-state index in [1.165, 1.54) is 13.8 Å². The third-order valence-corrected chi connectivity index (χ3v) is 7.98. The van der Waals surface area contributed by atoms with Gasteiger partial charge in [-0.3, -0.25) is 28.9 Å². The fourth-order valence-electron chi connectivity index (χ4n) is 6.28. The van der Waals surface area contributed by atoms with Gasteiger partial charge in [0, 0.05) is 30.5 Å². The van der Waals surface area contributed by atoms with Gasteiger partial charge in [0.1, 0.15) is 11.3 Å². The summed E-state index contributed by atoms with van der Waals surface area (Å²) in [6.45, 7) is 5.15. The summed E-state index contributed by atoms with van der Waals surface area (Å²) < 4.78 is 16.1. The summed E-state index contributed by atoms with van der Waals surface area (Å²) in [5.74, 6) is -2.26. The van der Waals surface area contributed by atoms with Gasteiger partial charge in [-0.15, -0.1) is 0 Å². The highest BCUT2D eigenvalue weighted by Gasteiger charge is 2.53. The second-order valence-corrected chi connectivity index (χ2v) is 10.9. The maximum absolute atomic E-state index is 14.1. The molecule has 40 heavy (non-hydrogen) atoms. The number of aryl methyl sites for hydroxylation is 1. The van der Waals surface area contributed by atoms with Gasteiger partial charge in [-0.05, 0) is 32.8 Å². The monoisotopic (exact) mass is 551 g/mol. The standard InChI is InChI=1S/C29H33N3O8/c1-16-12-19-8-7-9-20(27(19)40-16)26-25-21(13-31(28(25)37)23(35)14-38-17(2)33)30-29(4)11-6-5-10-22(29)32(26)24(36)15-39-18(3)34/h7-9,12,22,26,30H,5-6,10-11,13-15H2,1-4H3/t22-,26-,29-/m1/s1. The molecule has 0 spiro atoms. The van der Waals surface area contributed by atoms with Crippen LogP contribution in [0.4, 0.5) is 0 Å². The van der Waals surface area contributed by atoms with Crippen molar-refractivity contribution in [3.05, 3.63) is 46.9 Å². The Balaban J connectivity index is 1.69. The normalized spacial score (nSPS) is 24.2. The van der Waals surface area contributed by atoms with Crippen LogP contribution in [0.1, 0.15) is 63.8 Å². The molecule has 3 heterocycles. The molecule has 3 atom stereocenters. The van der Waals surface area contributed by atoms with E-state index in [1.807, 2.05) is 38.1 Å². The minimum Gasteiger partial charge on any atom is -0.461 e. The van der Waals surface area contributed by atoms with E-state index in [2.05, 4.69) is 5.32 Å². The zero-order chi connectivity index (χ0) is 28.8. The number of imide groups is 1. The second kappa shape index (κ2) is 10.4. The molecule has 0 saturated heterocycles. The highest BCUT2D eigenvalue weighted by molar-refractivity contribution is 6.09. The van der Waals surface area contributed by atoms with E-state index in [0.717, 1.165) is 29.5 Å². The number of rotatable bonds is 5. The predicted octanol–water partition coefficient (Wildman–Crippen LogP) is 2.66. The van der Waals surface area contributed by atoms with Crippen molar-refractivity contribution in [2.45, 2.75) is 71.0 Å². The molecule has 212 valence electrons. The fraction of sp³-hybridized carbons (Fsp3) is 0.483. The summed E-state index contributed by atoms with van der Waals surface area (Å²) in [6.07, 6.45) is 3.18. The summed E-state index contributed by atoms with van der Waals surface area (Å²) >= 11 is 0. The van der Waals surface area contributed by atoms with Gasteiger partial charge in [-0.25, -0.2) is 0 Å². The van der Waals surface area contributed by atoms with E-state index < -0.39 is 54.5 Å². The van der Waals surface area contributed by atoms with Crippen LogP contribution in [0.2, 0.25) is 0 Å². The highest BCUT2D eigenvalue weighted by Crippen LogP contribution is 2.47. The van der Waals surface area contributed by atoms with Crippen LogP contribution in [0.25, 0.3) is 11.0 Å². The number of amides is 3. The number of ether oxygens (including phenoxy) is 2. The van der Waals surface area contributed by atoms with Gasteiger partial charge < -0.3 is 24.1 Å². The number of carbonyl (C=O) groups excluding carboxylic acids is 5. The first kappa shape index (κ1) is 27.4. The molecular formula is C29H33N3O8.